The summed E-state index contributed by atoms with van der Waals surface area (Å²) in [6.45, 7) is 6.42. The maximum absolute atomic E-state index is 14.6. The van der Waals surface area contributed by atoms with Crippen molar-refractivity contribution >= 4 is 23.4 Å². The predicted octanol–water partition coefficient (Wildman–Crippen LogP) is 5.39. The molecule has 3 amide bonds. The van der Waals surface area contributed by atoms with Gasteiger partial charge in [0, 0.05) is 30.4 Å². The van der Waals surface area contributed by atoms with E-state index in [4.69, 9.17) is 4.74 Å². The lowest BCUT2D eigenvalue weighted by Crippen LogP contribution is -2.41. The summed E-state index contributed by atoms with van der Waals surface area (Å²) in [6, 6.07) is 20.0. The van der Waals surface area contributed by atoms with Gasteiger partial charge in [-0.3, -0.25) is 14.4 Å². The molecule has 0 spiro atoms. The smallest absolute Gasteiger partial charge is 0.256 e. The maximum Gasteiger partial charge on any atom is 0.256 e. The Morgan fingerprint density at radius 1 is 0.923 bits per heavy atom. The van der Waals surface area contributed by atoms with E-state index in [0.717, 1.165) is 18.4 Å². The van der Waals surface area contributed by atoms with Gasteiger partial charge in [0.05, 0.1) is 11.7 Å². The number of piperidine rings is 1. The van der Waals surface area contributed by atoms with Gasteiger partial charge in [0.25, 0.3) is 11.8 Å². The zero-order valence-corrected chi connectivity index (χ0v) is 22.4. The molecule has 1 heterocycles. The summed E-state index contributed by atoms with van der Waals surface area (Å²) in [5, 5.41) is 5.54. The monoisotopic (exact) mass is 531 g/mol. The van der Waals surface area contributed by atoms with Crippen LogP contribution in [0, 0.1) is 5.82 Å². The largest absolute Gasteiger partial charge is 0.491 e. The van der Waals surface area contributed by atoms with Crippen molar-refractivity contribution < 1.29 is 23.5 Å². The topological polar surface area (TPSA) is 87.7 Å². The van der Waals surface area contributed by atoms with Crippen molar-refractivity contribution in [2.24, 2.45) is 0 Å². The van der Waals surface area contributed by atoms with Crippen LogP contribution < -0.4 is 15.4 Å². The van der Waals surface area contributed by atoms with E-state index in [-0.39, 0.29) is 35.3 Å². The Morgan fingerprint density at radius 2 is 1.59 bits per heavy atom. The second kappa shape index (κ2) is 12.6. The van der Waals surface area contributed by atoms with Crippen LogP contribution in [0.5, 0.6) is 5.75 Å². The molecule has 0 aromatic heterocycles. The van der Waals surface area contributed by atoms with Crippen molar-refractivity contribution in [3.8, 4) is 5.75 Å². The third-order valence-electron chi connectivity index (χ3n) is 6.75. The van der Waals surface area contributed by atoms with Gasteiger partial charge in [-0.1, -0.05) is 30.3 Å². The van der Waals surface area contributed by atoms with E-state index in [9.17, 15) is 18.8 Å². The van der Waals surface area contributed by atoms with Crippen LogP contribution in [0.2, 0.25) is 0 Å². The van der Waals surface area contributed by atoms with Crippen LogP contribution in [-0.4, -0.2) is 47.9 Å². The number of ether oxygens (including phenoxy) is 1. The fraction of sp³-hybridized carbons (Fsp3) is 0.323. The molecule has 0 radical (unpaired) electrons. The summed E-state index contributed by atoms with van der Waals surface area (Å²) in [5.41, 5.74) is 2.30. The number of nitrogens with one attached hydrogen (secondary N) is 2. The number of nitrogens with zero attached hydrogens (tertiary/aromatic N) is 1. The van der Waals surface area contributed by atoms with Crippen LogP contribution in [0.15, 0.2) is 72.8 Å². The molecule has 0 bridgehead atoms. The van der Waals surface area contributed by atoms with Crippen LogP contribution in [0.3, 0.4) is 0 Å². The summed E-state index contributed by atoms with van der Waals surface area (Å²) in [6.07, 6.45) is 1.44. The van der Waals surface area contributed by atoms with E-state index in [1.807, 2.05) is 44.2 Å². The van der Waals surface area contributed by atoms with Crippen molar-refractivity contribution in [2.45, 2.75) is 51.7 Å². The number of rotatable bonds is 8. The molecule has 2 N–H and O–H groups in total. The number of anilines is 1. The third kappa shape index (κ3) is 7.22. The highest BCUT2D eigenvalue weighted by Gasteiger charge is 2.26. The Labute approximate surface area is 228 Å². The van der Waals surface area contributed by atoms with Crippen LogP contribution in [0.4, 0.5) is 10.1 Å². The van der Waals surface area contributed by atoms with Gasteiger partial charge >= 0.3 is 0 Å². The molecular formula is C31H34FN3O4. The molecule has 1 saturated heterocycles. The Morgan fingerprint density at radius 3 is 2.21 bits per heavy atom. The second-order valence-corrected chi connectivity index (χ2v) is 10.0. The number of likely N-dealkylation sites (tertiary alicyclic amines) is 1. The fourth-order valence-electron chi connectivity index (χ4n) is 4.63. The molecule has 3 aromatic carbocycles. The zero-order valence-electron chi connectivity index (χ0n) is 22.4. The van der Waals surface area contributed by atoms with E-state index in [0.29, 0.717) is 30.1 Å². The normalized spacial score (nSPS) is 14.5. The Balaban J connectivity index is 1.28. The highest BCUT2D eigenvalue weighted by Crippen LogP contribution is 2.30. The van der Waals surface area contributed by atoms with Crippen molar-refractivity contribution in [3.05, 3.63) is 95.3 Å². The minimum Gasteiger partial charge on any atom is -0.491 e. The van der Waals surface area contributed by atoms with E-state index in [2.05, 4.69) is 10.6 Å². The molecule has 4 rings (SSSR count). The molecule has 204 valence electrons. The van der Waals surface area contributed by atoms with Gasteiger partial charge in [0.2, 0.25) is 5.91 Å². The number of carbonyl (C=O) groups is 3. The first-order valence-electron chi connectivity index (χ1n) is 13.2. The second-order valence-electron chi connectivity index (χ2n) is 10.0. The lowest BCUT2D eigenvalue weighted by Gasteiger charge is -2.32. The number of amides is 3. The SMILES string of the molecule is CC(C)Oc1ccc(C(=O)N2CCC(c3ccc(NC(=O)C(C)NC(=O)c4ccccc4)cc3)CC2)c(F)c1. The number of carbonyl (C=O) groups excluding carboxylic acids is 3. The minimum absolute atomic E-state index is 0.0545. The quantitative estimate of drug-likeness (QED) is 0.408. The highest BCUT2D eigenvalue weighted by molar-refractivity contribution is 6.01. The molecule has 1 fully saturated rings. The molecule has 0 saturated carbocycles. The van der Waals surface area contributed by atoms with Gasteiger partial charge in [-0.15, -0.1) is 0 Å². The van der Waals surface area contributed by atoms with E-state index >= 15 is 0 Å². The molecule has 7 nitrogen and oxygen atoms in total. The van der Waals surface area contributed by atoms with Crippen molar-refractivity contribution in [3.63, 3.8) is 0 Å². The van der Waals surface area contributed by atoms with Gasteiger partial charge in [-0.2, -0.15) is 0 Å². The van der Waals surface area contributed by atoms with Crippen molar-refractivity contribution in [1.82, 2.24) is 10.2 Å². The number of halogens is 1. The summed E-state index contributed by atoms with van der Waals surface area (Å²) in [4.78, 5) is 39.5. The first kappa shape index (κ1) is 27.8. The first-order chi connectivity index (χ1) is 18.7. The lowest BCUT2D eigenvalue weighted by molar-refractivity contribution is -0.117. The maximum atomic E-state index is 14.6. The first-order valence-corrected chi connectivity index (χ1v) is 13.2. The Kier molecular flexibility index (Phi) is 8.96. The number of hydrogen-bond donors (Lipinski definition) is 2. The van der Waals surface area contributed by atoms with Crippen LogP contribution >= 0.6 is 0 Å². The average Bonchev–Trinajstić information content (AvgIpc) is 2.93. The van der Waals surface area contributed by atoms with Gasteiger partial charge in [-0.25, -0.2) is 4.39 Å². The van der Waals surface area contributed by atoms with Gasteiger partial charge in [-0.05, 0) is 81.5 Å². The van der Waals surface area contributed by atoms with Gasteiger partial charge in [0.1, 0.15) is 17.6 Å². The lowest BCUT2D eigenvalue weighted by atomic mass is 9.89. The molecule has 1 aliphatic rings. The molecule has 1 atom stereocenters. The molecular weight excluding hydrogens is 497 g/mol. The Bertz CT molecular complexity index is 1300. The summed E-state index contributed by atoms with van der Waals surface area (Å²) >= 11 is 0. The molecule has 8 heteroatoms. The molecule has 0 aliphatic carbocycles. The van der Waals surface area contributed by atoms with Gasteiger partial charge in [0.15, 0.2) is 0 Å². The minimum atomic E-state index is -0.706. The van der Waals surface area contributed by atoms with Crippen LogP contribution in [0.1, 0.15) is 65.8 Å². The van der Waals surface area contributed by atoms with E-state index in [1.54, 1.807) is 42.2 Å². The van der Waals surface area contributed by atoms with E-state index < -0.39 is 11.9 Å². The predicted molar refractivity (Wildman–Crippen MR) is 148 cm³/mol. The van der Waals surface area contributed by atoms with Crippen molar-refractivity contribution in [2.75, 3.05) is 18.4 Å². The Hall–Kier alpha value is -4.20. The molecule has 1 aliphatic heterocycles. The molecule has 1 unspecified atom stereocenters. The van der Waals surface area contributed by atoms with Crippen LogP contribution in [-0.2, 0) is 4.79 Å². The number of hydrogen-bond acceptors (Lipinski definition) is 4. The summed E-state index contributed by atoms with van der Waals surface area (Å²) in [5.74, 6) is -0.841. The average molecular weight is 532 g/mol. The molecule has 3 aromatic rings. The fourth-order valence-corrected chi connectivity index (χ4v) is 4.63. The standard InChI is InChI=1S/C31H34FN3O4/c1-20(2)39-26-13-14-27(28(32)19-26)31(38)35-17-15-23(16-18-35)22-9-11-25(12-10-22)34-29(36)21(3)33-30(37)24-7-5-4-6-8-24/h4-14,19-21,23H,15-18H2,1-3H3,(H,33,37)(H,34,36). The van der Waals surface area contributed by atoms with Crippen LogP contribution in [0.25, 0.3) is 0 Å². The highest BCUT2D eigenvalue weighted by atomic mass is 19.1. The third-order valence-corrected chi connectivity index (χ3v) is 6.75. The number of benzene rings is 3. The summed E-state index contributed by atoms with van der Waals surface area (Å²) < 4.78 is 20.1. The van der Waals surface area contributed by atoms with E-state index in [1.165, 1.54) is 12.1 Å². The molecule has 39 heavy (non-hydrogen) atoms. The zero-order chi connectivity index (χ0) is 27.9. The van der Waals surface area contributed by atoms with Crippen molar-refractivity contribution in [1.29, 1.82) is 0 Å². The summed E-state index contributed by atoms with van der Waals surface area (Å²) in [7, 11) is 0. The van der Waals surface area contributed by atoms with Gasteiger partial charge < -0.3 is 20.3 Å².